The van der Waals surface area contributed by atoms with Crippen LogP contribution in [-0.2, 0) is 15.9 Å². The van der Waals surface area contributed by atoms with Gasteiger partial charge < -0.3 is 0 Å². The van der Waals surface area contributed by atoms with Crippen LogP contribution < -0.4 is 0 Å². The maximum Gasteiger partial charge on any atom is 0.433 e. The fourth-order valence-electron chi connectivity index (χ4n) is 1.79. The normalized spacial score (nSPS) is 16.0. The number of nitrogens with zero attached hydrogens (tertiary/aromatic N) is 3. The summed E-state index contributed by atoms with van der Waals surface area (Å²) in [5, 5.41) is -0.152. The van der Waals surface area contributed by atoms with Crippen molar-refractivity contribution in [3.63, 3.8) is 0 Å². The van der Waals surface area contributed by atoms with Crippen molar-refractivity contribution in [3.05, 3.63) is 40.2 Å². The monoisotopic (exact) mass is 363 g/mol. The molecule has 0 N–H and O–H groups in total. The van der Waals surface area contributed by atoms with Crippen molar-refractivity contribution in [1.82, 2.24) is 9.97 Å². The number of hydrogen-bond donors (Lipinski definition) is 0. The van der Waals surface area contributed by atoms with Gasteiger partial charge >= 0.3 is 6.18 Å². The molecule has 0 saturated heterocycles. The van der Waals surface area contributed by atoms with Crippen molar-refractivity contribution >= 4 is 26.2 Å². The lowest BCUT2D eigenvalue weighted by Gasteiger charge is -2.14. The molecule has 0 aliphatic carbocycles. The van der Waals surface area contributed by atoms with E-state index in [2.05, 4.69) is 14.3 Å². The second-order valence-corrected chi connectivity index (χ2v) is 9.00. The summed E-state index contributed by atoms with van der Waals surface area (Å²) in [4.78, 5) is 8.62. The number of hydrogen-bond acceptors (Lipinski definition) is 5. The zero-order chi connectivity index (χ0) is 17.4. The molecule has 0 bridgehead atoms. The summed E-state index contributed by atoms with van der Waals surface area (Å²) in [5.41, 5.74) is 0.297. The molecule has 2 atom stereocenters. The number of aromatic nitrogens is 2. The molecule has 2 aromatic rings. The van der Waals surface area contributed by atoms with Gasteiger partial charge in [0, 0.05) is 17.3 Å². The zero-order valence-corrected chi connectivity index (χ0v) is 14.6. The van der Waals surface area contributed by atoms with E-state index in [1.54, 1.807) is 6.92 Å². The molecular formula is C14H16F3N3OS2. The highest BCUT2D eigenvalue weighted by Crippen LogP contribution is 2.32. The first kappa shape index (κ1) is 17.9. The van der Waals surface area contributed by atoms with E-state index >= 15 is 0 Å². The molecule has 0 aliphatic rings. The molecule has 23 heavy (non-hydrogen) atoms. The van der Waals surface area contributed by atoms with Crippen LogP contribution in [0.1, 0.15) is 34.0 Å². The number of alkyl halides is 3. The summed E-state index contributed by atoms with van der Waals surface area (Å²) >= 11 is 1.34. The van der Waals surface area contributed by atoms with Gasteiger partial charge in [0.15, 0.2) is 0 Å². The molecule has 126 valence electrons. The molecule has 9 heteroatoms. The molecular weight excluding hydrogens is 347 g/mol. The average molecular weight is 363 g/mol. The largest absolute Gasteiger partial charge is 0.433 e. The van der Waals surface area contributed by atoms with Crippen LogP contribution in [0.3, 0.4) is 0 Å². The Bertz CT molecular complexity index is 799. The van der Waals surface area contributed by atoms with Gasteiger partial charge in [0.1, 0.15) is 5.69 Å². The highest BCUT2D eigenvalue weighted by molar-refractivity contribution is 7.93. The van der Waals surface area contributed by atoms with Crippen molar-refractivity contribution in [1.29, 1.82) is 0 Å². The highest BCUT2D eigenvalue weighted by Gasteiger charge is 2.32. The summed E-state index contributed by atoms with van der Waals surface area (Å²) in [6.45, 7) is 5.39. The molecule has 0 spiro atoms. The minimum Gasteiger partial charge on any atom is -0.251 e. The molecule has 0 radical (unpaired) electrons. The van der Waals surface area contributed by atoms with Crippen molar-refractivity contribution in [3.8, 4) is 0 Å². The standard InChI is InChI=1S/C14H16F3N3OS2/c1-8-9(2)22-13(19-8)20-23(4,21)10(3)11-5-6-12(18-7-11)14(15,16)17/h5-7,10H,1-4H3. The Labute approximate surface area is 137 Å². The SMILES string of the molecule is Cc1nc(N=S(C)(=O)C(C)c2ccc(C(F)(F)F)nc2)sc1C. The smallest absolute Gasteiger partial charge is 0.251 e. The van der Waals surface area contributed by atoms with Crippen LogP contribution >= 0.6 is 11.3 Å². The molecule has 4 nitrogen and oxygen atoms in total. The van der Waals surface area contributed by atoms with Gasteiger partial charge in [0.2, 0.25) is 5.13 Å². The van der Waals surface area contributed by atoms with E-state index < -0.39 is 26.8 Å². The van der Waals surface area contributed by atoms with Crippen LogP contribution in [0.2, 0.25) is 0 Å². The summed E-state index contributed by atoms with van der Waals surface area (Å²) < 4.78 is 54.6. The molecule has 0 fully saturated rings. The van der Waals surface area contributed by atoms with E-state index in [9.17, 15) is 17.4 Å². The lowest BCUT2D eigenvalue weighted by Crippen LogP contribution is -2.11. The predicted molar refractivity (Wildman–Crippen MR) is 85.4 cm³/mol. The molecule has 0 aliphatic heterocycles. The van der Waals surface area contributed by atoms with Gasteiger partial charge in [-0.15, -0.1) is 0 Å². The Kier molecular flexibility index (Phi) is 4.81. The number of halogens is 3. The lowest BCUT2D eigenvalue weighted by molar-refractivity contribution is -0.141. The van der Waals surface area contributed by atoms with Crippen LogP contribution in [-0.4, -0.2) is 20.4 Å². The van der Waals surface area contributed by atoms with Gasteiger partial charge in [-0.2, -0.15) is 17.5 Å². The van der Waals surface area contributed by atoms with Crippen LogP contribution in [0.5, 0.6) is 0 Å². The van der Waals surface area contributed by atoms with E-state index in [-0.39, 0.29) is 0 Å². The van der Waals surface area contributed by atoms with Crippen LogP contribution in [0, 0.1) is 13.8 Å². The van der Waals surface area contributed by atoms with Crippen molar-refractivity contribution in [2.24, 2.45) is 4.36 Å². The molecule has 0 amide bonds. The Morgan fingerprint density at radius 1 is 1.30 bits per heavy atom. The second-order valence-electron chi connectivity index (χ2n) is 5.21. The Morgan fingerprint density at radius 2 is 1.96 bits per heavy atom. The molecule has 0 saturated carbocycles. The first-order valence-electron chi connectivity index (χ1n) is 6.69. The molecule has 2 heterocycles. The summed E-state index contributed by atoms with van der Waals surface area (Å²) in [6.07, 6.45) is -1.92. The van der Waals surface area contributed by atoms with E-state index in [0.29, 0.717) is 10.7 Å². The first-order chi connectivity index (χ1) is 10.5. The van der Waals surface area contributed by atoms with Crippen molar-refractivity contribution < 1.29 is 17.4 Å². The van der Waals surface area contributed by atoms with Gasteiger partial charge in [-0.3, -0.25) is 4.98 Å². The van der Waals surface area contributed by atoms with Crippen molar-refractivity contribution in [2.45, 2.75) is 32.2 Å². The van der Waals surface area contributed by atoms with Crippen LogP contribution in [0.4, 0.5) is 18.3 Å². The molecule has 2 unspecified atom stereocenters. The van der Waals surface area contributed by atoms with Gasteiger partial charge in [-0.1, -0.05) is 17.4 Å². The van der Waals surface area contributed by atoms with E-state index in [4.69, 9.17) is 0 Å². The lowest BCUT2D eigenvalue weighted by atomic mass is 10.2. The summed E-state index contributed by atoms with van der Waals surface area (Å²) in [7, 11) is -2.72. The third kappa shape index (κ3) is 4.08. The minimum atomic E-state index is -4.49. The maximum atomic E-state index is 12.8. The van der Waals surface area contributed by atoms with Gasteiger partial charge in [0.25, 0.3) is 0 Å². The molecule has 2 aromatic heterocycles. The van der Waals surface area contributed by atoms with Gasteiger partial charge in [-0.25, -0.2) is 9.19 Å². The highest BCUT2D eigenvalue weighted by atomic mass is 32.2. The topological polar surface area (TPSA) is 55.2 Å². The maximum absolute atomic E-state index is 12.8. The van der Waals surface area contributed by atoms with Crippen LogP contribution in [0.25, 0.3) is 0 Å². The number of thiazole rings is 1. The predicted octanol–water partition coefficient (Wildman–Crippen LogP) is 4.66. The Hall–Kier alpha value is -1.48. The summed E-state index contributed by atoms with van der Waals surface area (Å²) in [6, 6.07) is 2.18. The summed E-state index contributed by atoms with van der Waals surface area (Å²) in [5.74, 6) is 0. The third-order valence-corrected chi connectivity index (χ3v) is 6.68. The average Bonchev–Trinajstić information content (AvgIpc) is 2.74. The quantitative estimate of drug-likeness (QED) is 0.797. The second kappa shape index (κ2) is 6.20. The Morgan fingerprint density at radius 3 is 2.39 bits per heavy atom. The van der Waals surface area contributed by atoms with Gasteiger partial charge in [-0.05, 0) is 32.4 Å². The first-order valence-corrected chi connectivity index (χ1v) is 9.49. The van der Waals surface area contributed by atoms with Gasteiger partial charge in [0.05, 0.1) is 20.7 Å². The number of pyridine rings is 1. The van der Waals surface area contributed by atoms with Crippen LogP contribution in [0.15, 0.2) is 22.7 Å². The molecule has 0 aromatic carbocycles. The number of rotatable bonds is 3. The third-order valence-electron chi connectivity index (χ3n) is 3.48. The van der Waals surface area contributed by atoms with E-state index in [1.165, 1.54) is 23.7 Å². The fraction of sp³-hybridized carbons (Fsp3) is 0.429. The fourth-order valence-corrected chi connectivity index (χ4v) is 4.19. The zero-order valence-electron chi connectivity index (χ0n) is 13.0. The van der Waals surface area contributed by atoms with Crippen molar-refractivity contribution in [2.75, 3.05) is 6.26 Å². The van der Waals surface area contributed by atoms with E-state index in [1.807, 2.05) is 13.8 Å². The van der Waals surface area contributed by atoms with E-state index in [0.717, 1.165) is 22.8 Å². The number of aryl methyl sites for hydroxylation is 2. The Balaban J connectivity index is 2.34. The molecule has 2 rings (SSSR count). The minimum absolute atomic E-state index is 0.416.